The maximum atomic E-state index is 13.7. The summed E-state index contributed by atoms with van der Waals surface area (Å²) in [5.74, 6) is 0.375. The average molecular weight is 320 g/mol. The lowest BCUT2D eigenvalue weighted by atomic mass is 10.1. The number of hydrogen-bond donors (Lipinski definition) is 0. The monoisotopic (exact) mass is 320 g/mol. The van der Waals surface area contributed by atoms with Crippen LogP contribution < -0.4 is 0 Å². The zero-order valence-corrected chi connectivity index (χ0v) is 13.2. The second kappa shape index (κ2) is 6.45. The fourth-order valence-electron chi connectivity index (χ4n) is 3.01. The highest BCUT2D eigenvalue weighted by molar-refractivity contribution is 5.54. The molecule has 0 amide bonds. The maximum absolute atomic E-state index is 13.7. The molecule has 0 radical (unpaired) electrons. The SMILES string of the molecule is Fc1ncccc1CN1CCc2nc(-c3ccccc3)ncc2C1. The second-order valence-electron chi connectivity index (χ2n) is 5.95. The molecule has 1 aromatic carbocycles. The van der Waals surface area contributed by atoms with Crippen LogP contribution in [0.2, 0.25) is 0 Å². The van der Waals surface area contributed by atoms with E-state index in [0.717, 1.165) is 42.2 Å². The molecule has 0 N–H and O–H groups in total. The summed E-state index contributed by atoms with van der Waals surface area (Å²) in [4.78, 5) is 15.1. The van der Waals surface area contributed by atoms with Crippen LogP contribution in [-0.4, -0.2) is 26.4 Å². The van der Waals surface area contributed by atoms with E-state index >= 15 is 0 Å². The van der Waals surface area contributed by atoms with E-state index in [1.165, 1.54) is 6.20 Å². The van der Waals surface area contributed by atoms with Gasteiger partial charge in [0, 0.05) is 55.1 Å². The van der Waals surface area contributed by atoms with Crippen LogP contribution in [0.4, 0.5) is 4.39 Å². The smallest absolute Gasteiger partial charge is 0.217 e. The summed E-state index contributed by atoms with van der Waals surface area (Å²) in [6.07, 6.45) is 4.22. The minimum Gasteiger partial charge on any atom is -0.294 e. The van der Waals surface area contributed by atoms with Crippen LogP contribution in [-0.2, 0) is 19.5 Å². The Morgan fingerprint density at radius 3 is 2.75 bits per heavy atom. The molecule has 4 nitrogen and oxygen atoms in total. The lowest BCUT2D eigenvalue weighted by molar-refractivity contribution is 0.239. The van der Waals surface area contributed by atoms with E-state index in [2.05, 4.69) is 14.9 Å². The first-order valence-electron chi connectivity index (χ1n) is 8.01. The van der Waals surface area contributed by atoms with Crippen molar-refractivity contribution in [1.29, 1.82) is 0 Å². The first kappa shape index (κ1) is 14.9. The van der Waals surface area contributed by atoms with Gasteiger partial charge in [-0.2, -0.15) is 4.39 Å². The van der Waals surface area contributed by atoms with Crippen molar-refractivity contribution in [3.63, 3.8) is 0 Å². The zero-order chi connectivity index (χ0) is 16.4. The quantitative estimate of drug-likeness (QED) is 0.695. The molecule has 3 aromatic rings. The topological polar surface area (TPSA) is 41.9 Å². The predicted octanol–water partition coefficient (Wildman–Crippen LogP) is 3.24. The molecule has 0 fully saturated rings. The molecular weight excluding hydrogens is 303 g/mol. The Kier molecular flexibility index (Phi) is 4.01. The highest BCUT2D eigenvalue weighted by Gasteiger charge is 2.20. The molecule has 24 heavy (non-hydrogen) atoms. The van der Waals surface area contributed by atoms with Gasteiger partial charge in [0.05, 0.1) is 5.69 Å². The van der Waals surface area contributed by atoms with Crippen LogP contribution in [0.5, 0.6) is 0 Å². The van der Waals surface area contributed by atoms with E-state index in [0.29, 0.717) is 12.1 Å². The second-order valence-corrected chi connectivity index (χ2v) is 5.95. The Morgan fingerprint density at radius 2 is 1.92 bits per heavy atom. The van der Waals surface area contributed by atoms with Crippen LogP contribution in [0.25, 0.3) is 11.4 Å². The number of benzene rings is 1. The standard InChI is InChI=1S/C19H17FN4/c20-18-15(7-4-9-21-18)12-24-10-8-17-16(13-24)11-22-19(23-17)14-5-2-1-3-6-14/h1-7,9,11H,8,10,12-13H2. The minimum atomic E-state index is -0.390. The highest BCUT2D eigenvalue weighted by Crippen LogP contribution is 2.22. The molecular formula is C19H17FN4. The first-order chi connectivity index (χ1) is 11.8. The van der Waals surface area contributed by atoms with E-state index in [1.54, 1.807) is 12.1 Å². The van der Waals surface area contributed by atoms with Crippen molar-refractivity contribution >= 4 is 0 Å². The maximum Gasteiger partial charge on any atom is 0.217 e. The van der Waals surface area contributed by atoms with Crippen LogP contribution >= 0.6 is 0 Å². The zero-order valence-electron chi connectivity index (χ0n) is 13.2. The molecule has 0 bridgehead atoms. The fraction of sp³-hybridized carbons (Fsp3) is 0.211. The van der Waals surface area contributed by atoms with Gasteiger partial charge in [0.25, 0.3) is 0 Å². The summed E-state index contributed by atoms with van der Waals surface area (Å²) in [6, 6.07) is 13.5. The Bertz CT molecular complexity index is 851. The third-order valence-electron chi connectivity index (χ3n) is 4.28. The van der Waals surface area contributed by atoms with Crippen molar-refractivity contribution in [2.75, 3.05) is 6.54 Å². The molecule has 0 saturated carbocycles. The highest BCUT2D eigenvalue weighted by atomic mass is 19.1. The molecule has 120 valence electrons. The largest absolute Gasteiger partial charge is 0.294 e. The van der Waals surface area contributed by atoms with Crippen LogP contribution in [0, 0.1) is 5.95 Å². The summed E-state index contributed by atoms with van der Waals surface area (Å²) in [6.45, 7) is 2.14. The summed E-state index contributed by atoms with van der Waals surface area (Å²) in [7, 11) is 0. The molecule has 0 atom stereocenters. The van der Waals surface area contributed by atoms with Crippen LogP contribution in [0.15, 0.2) is 54.9 Å². The normalized spacial score (nSPS) is 14.4. The Labute approximate surface area is 140 Å². The van der Waals surface area contributed by atoms with E-state index < -0.39 is 0 Å². The van der Waals surface area contributed by atoms with Crippen molar-refractivity contribution < 1.29 is 4.39 Å². The molecule has 1 aliphatic heterocycles. The minimum absolute atomic E-state index is 0.390. The first-order valence-corrected chi connectivity index (χ1v) is 8.01. The molecule has 3 heterocycles. The third-order valence-corrected chi connectivity index (χ3v) is 4.28. The predicted molar refractivity (Wildman–Crippen MR) is 89.5 cm³/mol. The Hall–Kier alpha value is -2.66. The van der Waals surface area contributed by atoms with Crippen molar-refractivity contribution in [3.05, 3.63) is 77.6 Å². The molecule has 0 spiro atoms. The summed E-state index contributed by atoms with van der Waals surface area (Å²) < 4.78 is 13.7. The van der Waals surface area contributed by atoms with Crippen molar-refractivity contribution in [2.45, 2.75) is 19.5 Å². The van der Waals surface area contributed by atoms with Gasteiger partial charge in [-0.3, -0.25) is 4.90 Å². The Balaban J connectivity index is 1.53. The molecule has 5 heteroatoms. The number of halogens is 1. The van der Waals surface area contributed by atoms with Gasteiger partial charge in [-0.05, 0) is 6.07 Å². The summed E-state index contributed by atoms with van der Waals surface area (Å²) >= 11 is 0. The molecule has 0 saturated heterocycles. The van der Waals surface area contributed by atoms with Gasteiger partial charge in [-0.15, -0.1) is 0 Å². The van der Waals surface area contributed by atoms with E-state index in [4.69, 9.17) is 4.98 Å². The van der Waals surface area contributed by atoms with Crippen molar-refractivity contribution in [1.82, 2.24) is 19.9 Å². The van der Waals surface area contributed by atoms with Crippen LogP contribution in [0.3, 0.4) is 0 Å². The van der Waals surface area contributed by atoms with Gasteiger partial charge in [0.2, 0.25) is 5.95 Å². The van der Waals surface area contributed by atoms with Gasteiger partial charge in [-0.25, -0.2) is 15.0 Å². The van der Waals surface area contributed by atoms with Gasteiger partial charge >= 0.3 is 0 Å². The lowest BCUT2D eigenvalue weighted by Gasteiger charge is -2.28. The van der Waals surface area contributed by atoms with Crippen LogP contribution in [0.1, 0.15) is 16.8 Å². The average Bonchev–Trinajstić information content (AvgIpc) is 2.64. The number of aromatic nitrogens is 3. The fourth-order valence-corrected chi connectivity index (χ4v) is 3.01. The van der Waals surface area contributed by atoms with E-state index in [-0.39, 0.29) is 5.95 Å². The van der Waals surface area contributed by atoms with Gasteiger partial charge in [0.15, 0.2) is 5.82 Å². The third kappa shape index (κ3) is 3.03. The molecule has 2 aromatic heterocycles. The number of fused-ring (bicyclic) bond motifs is 1. The number of pyridine rings is 1. The van der Waals surface area contributed by atoms with Gasteiger partial charge in [0.1, 0.15) is 0 Å². The summed E-state index contributed by atoms with van der Waals surface area (Å²) in [5.41, 5.74) is 3.86. The van der Waals surface area contributed by atoms with Crippen molar-refractivity contribution in [3.8, 4) is 11.4 Å². The molecule has 4 rings (SSSR count). The molecule has 0 aliphatic carbocycles. The van der Waals surface area contributed by atoms with Gasteiger partial charge in [-0.1, -0.05) is 36.4 Å². The summed E-state index contributed by atoms with van der Waals surface area (Å²) in [5, 5.41) is 0. The Morgan fingerprint density at radius 1 is 1.04 bits per heavy atom. The van der Waals surface area contributed by atoms with Gasteiger partial charge < -0.3 is 0 Å². The van der Waals surface area contributed by atoms with Crippen molar-refractivity contribution in [2.24, 2.45) is 0 Å². The van der Waals surface area contributed by atoms with E-state index in [1.807, 2.05) is 36.5 Å². The number of hydrogen-bond acceptors (Lipinski definition) is 4. The molecule has 0 unspecified atom stereocenters. The molecule has 1 aliphatic rings. The number of nitrogens with zero attached hydrogens (tertiary/aromatic N) is 4. The van der Waals surface area contributed by atoms with E-state index in [9.17, 15) is 4.39 Å². The number of rotatable bonds is 3. The lowest BCUT2D eigenvalue weighted by Crippen LogP contribution is -2.31.